The SMILES string of the molecule is COc1ccc(Nc2nc3cc(C)nn3c3ccccc23)cc1Cl. The van der Waals surface area contributed by atoms with Crippen LogP contribution in [0.3, 0.4) is 0 Å². The second-order valence-electron chi connectivity index (χ2n) is 5.51. The third-order valence-electron chi connectivity index (χ3n) is 3.84. The molecule has 0 amide bonds. The molecule has 6 heteroatoms. The smallest absolute Gasteiger partial charge is 0.158 e. The van der Waals surface area contributed by atoms with E-state index < -0.39 is 0 Å². The molecular formula is C18H15ClN4O. The first kappa shape index (κ1) is 14.8. The fourth-order valence-corrected chi connectivity index (χ4v) is 3.01. The molecular weight excluding hydrogens is 324 g/mol. The summed E-state index contributed by atoms with van der Waals surface area (Å²) >= 11 is 6.21. The Hall–Kier alpha value is -2.79. The Kier molecular flexibility index (Phi) is 3.50. The molecule has 0 bridgehead atoms. The molecule has 0 aliphatic rings. The van der Waals surface area contributed by atoms with Gasteiger partial charge in [0, 0.05) is 17.1 Å². The highest BCUT2D eigenvalue weighted by Crippen LogP contribution is 2.31. The lowest BCUT2D eigenvalue weighted by Gasteiger charge is -2.11. The average Bonchev–Trinajstić information content (AvgIpc) is 2.96. The summed E-state index contributed by atoms with van der Waals surface area (Å²) in [6, 6.07) is 15.5. The lowest BCUT2D eigenvalue weighted by molar-refractivity contribution is 0.415. The third-order valence-corrected chi connectivity index (χ3v) is 4.14. The summed E-state index contributed by atoms with van der Waals surface area (Å²) in [7, 11) is 1.60. The molecule has 1 N–H and O–H groups in total. The number of aryl methyl sites for hydroxylation is 1. The largest absolute Gasteiger partial charge is 0.495 e. The molecule has 4 aromatic rings. The summed E-state index contributed by atoms with van der Waals surface area (Å²) in [5.41, 5.74) is 3.57. The van der Waals surface area contributed by atoms with E-state index >= 15 is 0 Å². The van der Waals surface area contributed by atoms with Crippen LogP contribution in [0.5, 0.6) is 5.75 Å². The number of fused-ring (bicyclic) bond motifs is 3. The van der Waals surface area contributed by atoms with Gasteiger partial charge in [-0.1, -0.05) is 23.7 Å². The maximum absolute atomic E-state index is 6.21. The van der Waals surface area contributed by atoms with Gasteiger partial charge < -0.3 is 10.1 Å². The Morgan fingerprint density at radius 1 is 1.12 bits per heavy atom. The number of rotatable bonds is 3. The second kappa shape index (κ2) is 5.69. The van der Waals surface area contributed by atoms with E-state index in [0.29, 0.717) is 10.8 Å². The van der Waals surface area contributed by atoms with Gasteiger partial charge in [-0.2, -0.15) is 5.10 Å². The first-order valence-electron chi connectivity index (χ1n) is 7.51. The minimum absolute atomic E-state index is 0.549. The number of nitrogens with zero attached hydrogens (tertiary/aromatic N) is 3. The van der Waals surface area contributed by atoms with Crippen molar-refractivity contribution < 1.29 is 4.74 Å². The number of methoxy groups -OCH3 is 1. The van der Waals surface area contributed by atoms with Gasteiger partial charge in [-0.3, -0.25) is 0 Å². The van der Waals surface area contributed by atoms with Gasteiger partial charge in [-0.15, -0.1) is 0 Å². The number of ether oxygens (including phenoxy) is 1. The molecule has 24 heavy (non-hydrogen) atoms. The normalized spacial score (nSPS) is 11.1. The lowest BCUT2D eigenvalue weighted by Crippen LogP contribution is -2.00. The molecule has 0 spiro atoms. The molecule has 120 valence electrons. The standard InChI is InChI=1S/C18H15ClN4O/c1-11-9-17-21-18(13-5-3-4-6-15(13)23(17)22-11)20-12-7-8-16(24-2)14(19)10-12/h3-10H,1-2H3,(H,20,21). The first-order chi connectivity index (χ1) is 11.7. The van der Waals surface area contributed by atoms with Crippen LogP contribution in [0, 0.1) is 6.92 Å². The summed E-state index contributed by atoms with van der Waals surface area (Å²) in [5.74, 6) is 1.40. The van der Waals surface area contributed by atoms with Crippen LogP contribution in [0.1, 0.15) is 5.69 Å². The zero-order valence-electron chi connectivity index (χ0n) is 13.2. The number of benzene rings is 2. The van der Waals surface area contributed by atoms with Crippen molar-refractivity contribution in [3.8, 4) is 5.75 Å². The summed E-state index contributed by atoms with van der Waals surface area (Å²) in [6.07, 6.45) is 0. The molecule has 0 aliphatic heterocycles. The molecule has 2 heterocycles. The van der Waals surface area contributed by atoms with Crippen molar-refractivity contribution in [1.29, 1.82) is 0 Å². The minimum atomic E-state index is 0.549. The number of aromatic nitrogens is 3. The quantitative estimate of drug-likeness (QED) is 0.593. The fourth-order valence-electron chi connectivity index (χ4n) is 2.75. The monoisotopic (exact) mass is 338 g/mol. The Morgan fingerprint density at radius 3 is 2.75 bits per heavy atom. The minimum Gasteiger partial charge on any atom is -0.495 e. The van der Waals surface area contributed by atoms with Gasteiger partial charge in [-0.05, 0) is 37.3 Å². The van der Waals surface area contributed by atoms with Crippen molar-refractivity contribution in [2.75, 3.05) is 12.4 Å². The maximum atomic E-state index is 6.21. The summed E-state index contributed by atoms with van der Waals surface area (Å²) in [5, 5.41) is 9.40. The molecule has 0 fully saturated rings. The molecule has 4 rings (SSSR count). The molecule has 0 saturated heterocycles. The van der Waals surface area contributed by atoms with Gasteiger partial charge in [0.15, 0.2) is 5.65 Å². The van der Waals surface area contributed by atoms with Crippen LogP contribution in [0.15, 0.2) is 48.5 Å². The molecule has 0 radical (unpaired) electrons. The zero-order chi connectivity index (χ0) is 16.7. The van der Waals surface area contributed by atoms with Crippen molar-refractivity contribution in [1.82, 2.24) is 14.6 Å². The van der Waals surface area contributed by atoms with Crippen molar-refractivity contribution >= 4 is 39.7 Å². The van der Waals surface area contributed by atoms with E-state index in [0.717, 1.165) is 33.7 Å². The average molecular weight is 339 g/mol. The molecule has 5 nitrogen and oxygen atoms in total. The van der Waals surface area contributed by atoms with Crippen molar-refractivity contribution in [3.05, 3.63) is 59.2 Å². The summed E-state index contributed by atoms with van der Waals surface area (Å²) < 4.78 is 7.05. The van der Waals surface area contributed by atoms with Gasteiger partial charge in [0.2, 0.25) is 0 Å². The molecule has 2 aromatic carbocycles. The predicted octanol–water partition coefficient (Wildman–Crippen LogP) is 4.60. The summed E-state index contributed by atoms with van der Waals surface area (Å²) in [4.78, 5) is 4.71. The number of anilines is 2. The van der Waals surface area contributed by atoms with Gasteiger partial charge >= 0.3 is 0 Å². The Labute approximate surface area is 143 Å². The maximum Gasteiger partial charge on any atom is 0.158 e. The molecule has 0 saturated carbocycles. The van der Waals surface area contributed by atoms with E-state index in [4.69, 9.17) is 21.3 Å². The van der Waals surface area contributed by atoms with Crippen molar-refractivity contribution in [2.24, 2.45) is 0 Å². The second-order valence-corrected chi connectivity index (χ2v) is 5.91. The lowest BCUT2D eigenvalue weighted by atomic mass is 10.2. The van der Waals surface area contributed by atoms with E-state index in [1.165, 1.54) is 0 Å². The molecule has 0 aliphatic carbocycles. The van der Waals surface area contributed by atoms with Gasteiger partial charge in [0.1, 0.15) is 11.6 Å². The zero-order valence-corrected chi connectivity index (χ0v) is 14.0. The summed E-state index contributed by atoms with van der Waals surface area (Å²) in [6.45, 7) is 1.96. The van der Waals surface area contributed by atoms with E-state index in [1.54, 1.807) is 7.11 Å². The Morgan fingerprint density at radius 2 is 1.96 bits per heavy atom. The van der Waals surface area contributed by atoms with Crippen LogP contribution < -0.4 is 10.1 Å². The van der Waals surface area contributed by atoms with Crippen LogP contribution in [-0.4, -0.2) is 21.7 Å². The fraction of sp³-hybridized carbons (Fsp3) is 0.111. The number of para-hydroxylation sites is 1. The van der Waals surface area contributed by atoms with Crippen LogP contribution in [0.2, 0.25) is 5.02 Å². The molecule has 0 atom stereocenters. The van der Waals surface area contributed by atoms with Crippen LogP contribution in [-0.2, 0) is 0 Å². The molecule has 0 unspecified atom stereocenters. The Balaban J connectivity index is 1.87. The van der Waals surface area contributed by atoms with E-state index in [1.807, 2.05) is 60.0 Å². The van der Waals surface area contributed by atoms with Gasteiger partial charge in [0.05, 0.1) is 23.3 Å². The Bertz CT molecular complexity index is 1060. The van der Waals surface area contributed by atoms with Crippen LogP contribution in [0.4, 0.5) is 11.5 Å². The number of hydrogen-bond acceptors (Lipinski definition) is 4. The van der Waals surface area contributed by atoms with Crippen LogP contribution in [0.25, 0.3) is 16.6 Å². The van der Waals surface area contributed by atoms with E-state index in [2.05, 4.69) is 10.4 Å². The van der Waals surface area contributed by atoms with Crippen molar-refractivity contribution in [2.45, 2.75) is 6.92 Å². The number of halogens is 1. The van der Waals surface area contributed by atoms with Crippen LogP contribution >= 0.6 is 11.6 Å². The van der Waals surface area contributed by atoms with E-state index in [9.17, 15) is 0 Å². The highest BCUT2D eigenvalue weighted by Gasteiger charge is 2.11. The number of hydrogen-bond donors (Lipinski definition) is 1. The third kappa shape index (κ3) is 2.43. The highest BCUT2D eigenvalue weighted by molar-refractivity contribution is 6.32. The predicted molar refractivity (Wildman–Crippen MR) is 96.5 cm³/mol. The topological polar surface area (TPSA) is 51.5 Å². The van der Waals surface area contributed by atoms with E-state index in [-0.39, 0.29) is 0 Å². The first-order valence-corrected chi connectivity index (χ1v) is 7.89. The molecule has 2 aromatic heterocycles. The van der Waals surface area contributed by atoms with Gasteiger partial charge in [0.25, 0.3) is 0 Å². The number of nitrogens with one attached hydrogen (secondary N) is 1. The highest BCUT2D eigenvalue weighted by atomic mass is 35.5. The van der Waals surface area contributed by atoms with Gasteiger partial charge in [-0.25, -0.2) is 9.50 Å². The van der Waals surface area contributed by atoms with Crippen molar-refractivity contribution in [3.63, 3.8) is 0 Å².